The van der Waals surface area contributed by atoms with Gasteiger partial charge in [-0.1, -0.05) is 0 Å². The highest BCUT2D eigenvalue weighted by molar-refractivity contribution is 5.77. The molecule has 1 saturated heterocycles. The van der Waals surface area contributed by atoms with E-state index < -0.39 is 5.60 Å². The molecule has 0 bridgehead atoms. The lowest BCUT2D eigenvalue weighted by molar-refractivity contribution is -0.145. The van der Waals surface area contributed by atoms with Crippen LogP contribution in [0.2, 0.25) is 0 Å². The summed E-state index contributed by atoms with van der Waals surface area (Å²) in [5.74, 6) is -0.115. The first-order valence-corrected chi connectivity index (χ1v) is 5.91. The van der Waals surface area contributed by atoms with Crippen LogP contribution in [0.5, 0.6) is 0 Å². The van der Waals surface area contributed by atoms with E-state index in [1.807, 2.05) is 20.8 Å². The standard InChI is InChI=1S/C12H19NO4/c1-12(2,3)17-11(15)13-6-8(10(14)16-4)7-5-9(7)13/h7-9H,5-6H2,1-4H3/t7-,8-,9-/m1/s1. The predicted octanol–water partition coefficient (Wildman–Crippen LogP) is 1.41. The first-order valence-electron chi connectivity index (χ1n) is 5.91. The molecule has 0 radical (unpaired) electrons. The molecule has 2 rings (SSSR count). The van der Waals surface area contributed by atoms with Gasteiger partial charge in [-0.15, -0.1) is 0 Å². The van der Waals surface area contributed by atoms with Crippen LogP contribution in [0.15, 0.2) is 0 Å². The molecule has 1 amide bonds. The molecule has 0 spiro atoms. The van der Waals surface area contributed by atoms with Gasteiger partial charge in [0.1, 0.15) is 5.60 Å². The van der Waals surface area contributed by atoms with Crippen molar-refractivity contribution >= 4 is 12.1 Å². The Labute approximate surface area is 101 Å². The van der Waals surface area contributed by atoms with Crippen LogP contribution in [-0.2, 0) is 14.3 Å². The number of carbonyl (C=O) groups is 2. The van der Waals surface area contributed by atoms with Gasteiger partial charge in [-0.05, 0) is 33.1 Å². The molecule has 17 heavy (non-hydrogen) atoms. The third kappa shape index (κ3) is 2.37. The van der Waals surface area contributed by atoms with Gasteiger partial charge >= 0.3 is 12.1 Å². The highest BCUT2D eigenvalue weighted by atomic mass is 16.6. The average Bonchev–Trinajstić information content (AvgIpc) is 2.89. The van der Waals surface area contributed by atoms with E-state index in [-0.39, 0.29) is 29.9 Å². The van der Waals surface area contributed by atoms with Gasteiger partial charge in [0.2, 0.25) is 0 Å². The summed E-state index contributed by atoms with van der Waals surface area (Å²) in [5, 5.41) is 0. The molecule has 2 aliphatic rings. The van der Waals surface area contributed by atoms with Gasteiger partial charge in [0.25, 0.3) is 0 Å². The molecule has 0 aromatic carbocycles. The van der Waals surface area contributed by atoms with Gasteiger partial charge < -0.3 is 14.4 Å². The Bertz CT molecular complexity index is 347. The molecule has 0 unspecified atom stereocenters. The molecule has 0 N–H and O–H groups in total. The van der Waals surface area contributed by atoms with Crippen molar-refractivity contribution < 1.29 is 19.1 Å². The van der Waals surface area contributed by atoms with E-state index in [0.717, 1.165) is 6.42 Å². The Morgan fingerprint density at radius 2 is 1.94 bits per heavy atom. The number of likely N-dealkylation sites (tertiary alicyclic amines) is 1. The average molecular weight is 241 g/mol. The van der Waals surface area contributed by atoms with E-state index >= 15 is 0 Å². The number of nitrogens with zero attached hydrogens (tertiary/aromatic N) is 1. The van der Waals surface area contributed by atoms with Crippen molar-refractivity contribution in [1.29, 1.82) is 0 Å². The monoisotopic (exact) mass is 241 g/mol. The summed E-state index contributed by atoms with van der Waals surface area (Å²) in [5.41, 5.74) is -0.495. The number of ether oxygens (including phenoxy) is 2. The number of esters is 1. The fourth-order valence-corrected chi connectivity index (χ4v) is 2.40. The van der Waals surface area contributed by atoms with Crippen LogP contribution in [0, 0.1) is 11.8 Å². The van der Waals surface area contributed by atoms with Gasteiger partial charge in [-0.2, -0.15) is 0 Å². The molecular formula is C12H19NO4. The molecule has 1 aliphatic carbocycles. The van der Waals surface area contributed by atoms with Crippen LogP contribution < -0.4 is 0 Å². The van der Waals surface area contributed by atoms with E-state index in [2.05, 4.69) is 0 Å². The van der Waals surface area contributed by atoms with Crippen LogP contribution in [0.1, 0.15) is 27.2 Å². The summed E-state index contributed by atoms with van der Waals surface area (Å²) in [7, 11) is 1.38. The van der Waals surface area contributed by atoms with Gasteiger partial charge in [0, 0.05) is 12.6 Å². The molecule has 5 heteroatoms. The smallest absolute Gasteiger partial charge is 0.410 e. The summed E-state index contributed by atoms with van der Waals surface area (Å²) in [6, 6.07) is 0.175. The number of carbonyl (C=O) groups excluding carboxylic acids is 2. The Morgan fingerprint density at radius 3 is 2.47 bits per heavy atom. The third-order valence-corrected chi connectivity index (χ3v) is 3.25. The second-order valence-corrected chi connectivity index (χ2v) is 5.73. The molecule has 5 nitrogen and oxygen atoms in total. The fraction of sp³-hybridized carbons (Fsp3) is 0.833. The van der Waals surface area contributed by atoms with Gasteiger partial charge in [-0.3, -0.25) is 4.79 Å². The molecule has 96 valence electrons. The highest BCUT2D eigenvalue weighted by Crippen LogP contribution is 2.49. The van der Waals surface area contributed by atoms with Crippen LogP contribution in [-0.4, -0.2) is 42.3 Å². The zero-order valence-electron chi connectivity index (χ0n) is 10.7. The van der Waals surface area contributed by atoms with Gasteiger partial charge in [-0.25, -0.2) is 4.79 Å². The number of hydrogen-bond donors (Lipinski definition) is 0. The van der Waals surface area contributed by atoms with Crippen LogP contribution in [0.4, 0.5) is 4.79 Å². The maximum absolute atomic E-state index is 11.9. The summed E-state index contributed by atoms with van der Waals surface area (Å²) in [6.07, 6.45) is 0.565. The minimum absolute atomic E-state index is 0.169. The number of fused-ring (bicyclic) bond motifs is 1. The Hall–Kier alpha value is -1.26. The van der Waals surface area contributed by atoms with Crippen molar-refractivity contribution in [3.63, 3.8) is 0 Å². The first kappa shape index (κ1) is 12.2. The second kappa shape index (κ2) is 3.89. The zero-order chi connectivity index (χ0) is 12.8. The maximum Gasteiger partial charge on any atom is 0.410 e. The lowest BCUT2D eigenvalue weighted by Gasteiger charge is -2.25. The first-order chi connectivity index (χ1) is 7.83. The minimum atomic E-state index is -0.495. The summed E-state index contributed by atoms with van der Waals surface area (Å²) in [4.78, 5) is 25.1. The van der Waals surface area contributed by atoms with Crippen LogP contribution in [0.25, 0.3) is 0 Å². The summed E-state index contributed by atoms with van der Waals surface area (Å²) in [6.45, 7) is 5.94. The quantitative estimate of drug-likeness (QED) is 0.651. The van der Waals surface area contributed by atoms with Crippen molar-refractivity contribution in [1.82, 2.24) is 4.90 Å². The summed E-state index contributed by atoms with van der Waals surface area (Å²) >= 11 is 0. The number of piperidine rings is 1. The molecule has 0 aromatic heterocycles. The molecule has 1 aliphatic heterocycles. The number of hydrogen-bond acceptors (Lipinski definition) is 4. The van der Waals surface area contributed by atoms with Crippen molar-refractivity contribution in [3.8, 4) is 0 Å². The molecule has 1 heterocycles. The molecule has 1 saturated carbocycles. The molecule has 0 aromatic rings. The minimum Gasteiger partial charge on any atom is -0.469 e. The molecular weight excluding hydrogens is 222 g/mol. The summed E-state index contributed by atoms with van der Waals surface area (Å²) < 4.78 is 10.1. The van der Waals surface area contributed by atoms with E-state index in [1.54, 1.807) is 4.90 Å². The van der Waals surface area contributed by atoms with E-state index in [9.17, 15) is 9.59 Å². The topological polar surface area (TPSA) is 55.8 Å². The fourth-order valence-electron chi connectivity index (χ4n) is 2.40. The SMILES string of the molecule is COC(=O)[C@@H]1CN(C(=O)OC(C)(C)C)[C@@H]2C[C@@H]21. The maximum atomic E-state index is 11.9. The Balaban J connectivity index is 1.97. The largest absolute Gasteiger partial charge is 0.469 e. The van der Waals surface area contributed by atoms with Crippen molar-refractivity contribution in [3.05, 3.63) is 0 Å². The zero-order valence-corrected chi connectivity index (χ0v) is 10.7. The predicted molar refractivity (Wildman–Crippen MR) is 60.3 cm³/mol. The van der Waals surface area contributed by atoms with E-state index in [0.29, 0.717) is 6.54 Å². The Kier molecular flexibility index (Phi) is 2.79. The van der Waals surface area contributed by atoms with Crippen molar-refractivity contribution in [2.45, 2.75) is 38.8 Å². The normalized spacial score (nSPS) is 30.8. The molecule has 3 atom stereocenters. The number of methoxy groups -OCH3 is 1. The second-order valence-electron chi connectivity index (χ2n) is 5.73. The van der Waals surface area contributed by atoms with Crippen LogP contribution in [0.3, 0.4) is 0 Å². The lowest BCUT2D eigenvalue weighted by Crippen LogP contribution is -2.38. The van der Waals surface area contributed by atoms with Gasteiger partial charge in [0.15, 0.2) is 0 Å². The molecule has 2 fully saturated rings. The van der Waals surface area contributed by atoms with Crippen molar-refractivity contribution in [2.24, 2.45) is 11.8 Å². The van der Waals surface area contributed by atoms with Gasteiger partial charge in [0.05, 0.1) is 13.0 Å². The number of amides is 1. The van der Waals surface area contributed by atoms with Crippen LogP contribution >= 0.6 is 0 Å². The van der Waals surface area contributed by atoms with E-state index in [1.165, 1.54) is 7.11 Å². The van der Waals surface area contributed by atoms with Crippen molar-refractivity contribution in [2.75, 3.05) is 13.7 Å². The lowest BCUT2D eigenvalue weighted by atomic mass is 10.1. The third-order valence-electron chi connectivity index (χ3n) is 3.25. The van der Waals surface area contributed by atoms with E-state index in [4.69, 9.17) is 9.47 Å². The highest BCUT2D eigenvalue weighted by Gasteiger charge is 2.58. The number of rotatable bonds is 1. The Morgan fingerprint density at radius 1 is 1.29 bits per heavy atom.